The van der Waals surface area contributed by atoms with Gasteiger partial charge in [-0.3, -0.25) is 4.79 Å². The van der Waals surface area contributed by atoms with Crippen LogP contribution in [0.5, 0.6) is 11.5 Å². The summed E-state index contributed by atoms with van der Waals surface area (Å²) >= 11 is 0. The van der Waals surface area contributed by atoms with Crippen molar-refractivity contribution in [2.45, 2.75) is 40.0 Å². The van der Waals surface area contributed by atoms with E-state index in [2.05, 4.69) is 5.16 Å². The van der Waals surface area contributed by atoms with Crippen molar-refractivity contribution in [2.75, 3.05) is 14.2 Å². The number of nitrogens with zero attached hydrogens (tertiary/aromatic N) is 2. The molecule has 3 rings (SSSR count). The van der Waals surface area contributed by atoms with E-state index in [0.29, 0.717) is 28.4 Å². The van der Waals surface area contributed by atoms with Gasteiger partial charge in [-0.2, -0.15) is 0 Å². The van der Waals surface area contributed by atoms with Gasteiger partial charge in [0.15, 0.2) is 17.6 Å². The van der Waals surface area contributed by atoms with Crippen LogP contribution >= 0.6 is 0 Å². The number of likely N-dealkylation sites (N-methyl/N-ethyl adjacent to an activating group) is 1. The number of aryl methyl sites for hydroxylation is 2. The molecule has 1 unspecified atom stereocenters. The highest BCUT2D eigenvalue weighted by molar-refractivity contribution is 5.90. The van der Waals surface area contributed by atoms with E-state index in [-0.39, 0.29) is 19.0 Å². The van der Waals surface area contributed by atoms with Crippen LogP contribution in [0.4, 0.5) is 4.39 Å². The van der Waals surface area contributed by atoms with E-state index in [1.807, 2.05) is 13.8 Å². The average Bonchev–Trinajstić information content (AvgIpc) is 3.17. The highest BCUT2D eigenvalue weighted by Gasteiger charge is 2.21. The van der Waals surface area contributed by atoms with Gasteiger partial charge >= 0.3 is 5.97 Å². The van der Waals surface area contributed by atoms with Crippen LogP contribution in [0.3, 0.4) is 0 Å². The average molecular weight is 497 g/mol. The minimum Gasteiger partial charge on any atom is -0.493 e. The number of benzene rings is 2. The molecule has 0 spiro atoms. The largest absolute Gasteiger partial charge is 0.493 e. The number of carbonyl (C=O) groups excluding carboxylic acids is 2. The number of esters is 1. The molecule has 0 fully saturated rings. The first-order valence-corrected chi connectivity index (χ1v) is 11.3. The first-order chi connectivity index (χ1) is 17.2. The third kappa shape index (κ3) is 6.94. The van der Waals surface area contributed by atoms with Gasteiger partial charge in [-0.15, -0.1) is 0 Å². The number of methoxy groups -OCH3 is 1. The molecule has 0 aliphatic heterocycles. The summed E-state index contributed by atoms with van der Waals surface area (Å²) in [5.74, 6) is 0.250. The molecule has 2 aromatic carbocycles. The van der Waals surface area contributed by atoms with Gasteiger partial charge in [0.25, 0.3) is 5.91 Å². The molecular formula is C27H29FN2O6. The molecule has 0 radical (unpaired) electrons. The molecule has 9 heteroatoms. The van der Waals surface area contributed by atoms with Crippen molar-refractivity contribution in [1.82, 2.24) is 10.1 Å². The standard InChI is InChI=1S/C27H29FN2O6/c1-17-23(18(2)36-29-17)16-34-24-11-9-20(14-25(24)33-5)10-12-26(31)35-19(3)27(32)30(4)15-21-7-6-8-22(28)13-21/h6-14,19H,15-16H2,1-5H3/b12-10+. The van der Waals surface area contributed by atoms with E-state index >= 15 is 0 Å². The fourth-order valence-corrected chi connectivity index (χ4v) is 3.49. The predicted molar refractivity (Wildman–Crippen MR) is 131 cm³/mol. The molecule has 0 aliphatic carbocycles. The fraction of sp³-hybridized carbons (Fsp3) is 0.296. The summed E-state index contributed by atoms with van der Waals surface area (Å²) in [6.45, 7) is 5.62. The Morgan fingerprint density at radius 1 is 1.17 bits per heavy atom. The molecule has 0 aliphatic rings. The van der Waals surface area contributed by atoms with Crippen LogP contribution in [0.15, 0.2) is 53.1 Å². The van der Waals surface area contributed by atoms with Crippen LogP contribution in [0.25, 0.3) is 6.08 Å². The second-order valence-corrected chi connectivity index (χ2v) is 8.24. The van der Waals surface area contributed by atoms with Crippen LogP contribution < -0.4 is 9.47 Å². The van der Waals surface area contributed by atoms with Gasteiger partial charge in [0.05, 0.1) is 18.4 Å². The number of aromatic nitrogens is 1. The van der Waals surface area contributed by atoms with E-state index in [0.717, 1.165) is 11.3 Å². The summed E-state index contributed by atoms with van der Waals surface area (Å²) < 4.78 is 35.0. The smallest absolute Gasteiger partial charge is 0.331 e. The number of amides is 1. The van der Waals surface area contributed by atoms with E-state index in [9.17, 15) is 14.0 Å². The lowest BCUT2D eigenvalue weighted by atomic mass is 10.2. The van der Waals surface area contributed by atoms with Crippen LogP contribution in [-0.2, 0) is 27.5 Å². The highest BCUT2D eigenvalue weighted by Crippen LogP contribution is 2.30. The first-order valence-electron chi connectivity index (χ1n) is 11.3. The molecule has 190 valence electrons. The van der Waals surface area contributed by atoms with Gasteiger partial charge in [-0.1, -0.05) is 23.4 Å². The summed E-state index contributed by atoms with van der Waals surface area (Å²) in [7, 11) is 3.09. The Hall–Kier alpha value is -4.14. The topological polar surface area (TPSA) is 91.1 Å². The third-order valence-corrected chi connectivity index (χ3v) is 5.48. The molecule has 1 atom stereocenters. The Balaban J connectivity index is 1.56. The predicted octanol–water partition coefficient (Wildman–Crippen LogP) is 4.62. The minimum absolute atomic E-state index is 0.193. The maximum Gasteiger partial charge on any atom is 0.331 e. The number of rotatable bonds is 10. The molecule has 1 heterocycles. The molecular weight excluding hydrogens is 467 g/mol. The van der Waals surface area contributed by atoms with Gasteiger partial charge in [-0.05, 0) is 62.2 Å². The molecule has 0 N–H and O–H groups in total. The Kier molecular flexibility index (Phi) is 8.83. The number of hydrogen-bond donors (Lipinski definition) is 0. The van der Waals surface area contributed by atoms with Gasteiger partial charge in [-0.25, -0.2) is 9.18 Å². The molecule has 0 bridgehead atoms. The van der Waals surface area contributed by atoms with Gasteiger partial charge in [0.1, 0.15) is 18.2 Å². The summed E-state index contributed by atoms with van der Waals surface area (Å²) in [4.78, 5) is 26.2. The van der Waals surface area contributed by atoms with Crippen molar-refractivity contribution in [1.29, 1.82) is 0 Å². The van der Waals surface area contributed by atoms with Crippen molar-refractivity contribution in [3.8, 4) is 11.5 Å². The Morgan fingerprint density at radius 2 is 1.94 bits per heavy atom. The molecule has 0 saturated heterocycles. The summed E-state index contributed by atoms with van der Waals surface area (Å²) in [5.41, 5.74) is 2.94. The molecule has 8 nitrogen and oxygen atoms in total. The molecule has 36 heavy (non-hydrogen) atoms. The Morgan fingerprint density at radius 3 is 2.61 bits per heavy atom. The Labute approximate surface area is 209 Å². The van der Waals surface area contributed by atoms with E-state index in [4.69, 9.17) is 18.7 Å². The van der Waals surface area contributed by atoms with Crippen molar-refractivity contribution in [3.63, 3.8) is 0 Å². The van der Waals surface area contributed by atoms with Crippen LogP contribution in [0.1, 0.15) is 35.1 Å². The highest BCUT2D eigenvalue weighted by atomic mass is 19.1. The summed E-state index contributed by atoms with van der Waals surface area (Å²) in [5, 5.41) is 3.91. The SMILES string of the molecule is COc1cc(/C=C/C(=O)OC(C)C(=O)N(C)Cc2cccc(F)c2)ccc1OCc1c(C)noc1C. The van der Waals surface area contributed by atoms with Crippen LogP contribution in [-0.4, -0.2) is 42.2 Å². The zero-order valence-electron chi connectivity index (χ0n) is 20.9. The zero-order chi connectivity index (χ0) is 26.2. The minimum atomic E-state index is -1.00. The summed E-state index contributed by atoms with van der Waals surface area (Å²) in [6, 6.07) is 11.2. The quantitative estimate of drug-likeness (QED) is 0.299. The van der Waals surface area contributed by atoms with Crippen molar-refractivity contribution >= 4 is 18.0 Å². The molecule has 1 amide bonds. The zero-order valence-corrected chi connectivity index (χ0v) is 20.9. The van der Waals surface area contributed by atoms with E-state index in [1.54, 1.807) is 43.5 Å². The lowest BCUT2D eigenvalue weighted by Crippen LogP contribution is -2.36. The van der Waals surface area contributed by atoms with E-state index in [1.165, 1.54) is 37.1 Å². The van der Waals surface area contributed by atoms with Crippen LogP contribution in [0.2, 0.25) is 0 Å². The number of halogens is 1. The first kappa shape index (κ1) is 26.5. The fourth-order valence-electron chi connectivity index (χ4n) is 3.49. The lowest BCUT2D eigenvalue weighted by Gasteiger charge is -2.21. The molecule has 3 aromatic rings. The second-order valence-electron chi connectivity index (χ2n) is 8.24. The Bertz CT molecular complexity index is 1230. The second kappa shape index (κ2) is 12.0. The molecule has 1 aromatic heterocycles. The van der Waals surface area contributed by atoms with E-state index < -0.39 is 18.0 Å². The number of hydrogen-bond acceptors (Lipinski definition) is 7. The third-order valence-electron chi connectivity index (χ3n) is 5.48. The monoisotopic (exact) mass is 496 g/mol. The van der Waals surface area contributed by atoms with Gasteiger partial charge < -0.3 is 23.6 Å². The van der Waals surface area contributed by atoms with Crippen molar-refractivity contribution in [3.05, 3.63) is 82.5 Å². The van der Waals surface area contributed by atoms with Crippen molar-refractivity contribution in [2.24, 2.45) is 0 Å². The van der Waals surface area contributed by atoms with Gasteiger partial charge in [0.2, 0.25) is 0 Å². The van der Waals surface area contributed by atoms with Crippen LogP contribution in [0, 0.1) is 19.7 Å². The summed E-state index contributed by atoms with van der Waals surface area (Å²) in [6.07, 6.45) is 1.78. The molecule has 0 saturated carbocycles. The number of carbonyl (C=O) groups is 2. The van der Waals surface area contributed by atoms with Crippen molar-refractivity contribution < 1.29 is 32.7 Å². The maximum absolute atomic E-state index is 13.4. The lowest BCUT2D eigenvalue weighted by molar-refractivity contribution is -0.154. The van der Waals surface area contributed by atoms with Gasteiger partial charge in [0, 0.05) is 19.7 Å². The maximum atomic E-state index is 13.4. The number of ether oxygens (including phenoxy) is 3. The normalized spacial score (nSPS) is 11.8.